The number of rotatable bonds is 3. The zero-order valence-electron chi connectivity index (χ0n) is 9.10. The van der Waals surface area contributed by atoms with Crippen molar-refractivity contribution in [2.75, 3.05) is 7.11 Å². The Morgan fingerprint density at radius 2 is 2.31 bits per heavy atom. The number of aryl methyl sites for hydroxylation is 1. The average molecular weight is 220 g/mol. The standard InChI is InChI=1S/C11H12N2O3/c1-7-3-8-4-10(16-2)12-5-9(8)13(7)6-11(14)15/h3-5H,6H2,1-2H3,(H,14,15). The van der Waals surface area contributed by atoms with Gasteiger partial charge >= 0.3 is 5.97 Å². The van der Waals surface area contributed by atoms with Crippen LogP contribution in [0, 0.1) is 6.92 Å². The van der Waals surface area contributed by atoms with Crippen LogP contribution in [0.4, 0.5) is 0 Å². The van der Waals surface area contributed by atoms with Crippen LogP contribution in [0.15, 0.2) is 18.3 Å². The number of nitrogens with zero attached hydrogens (tertiary/aromatic N) is 2. The van der Waals surface area contributed by atoms with E-state index < -0.39 is 5.97 Å². The monoisotopic (exact) mass is 220 g/mol. The van der Waals surface area contributed by atoms with E-state index in [9.17, 15) is 4.79 Å². The van der Waals surface area contributed by atoms with Crippen LogP contribution < -0.4 is 4.74 Å². The smallest absolute Gasteiger partial charge is 0.323 e. The quantitative estimate of drug-likeness (QED) is 0.850. The molecule has 0 bridgehead atoms. The average Bonchev–Trinajstić information content (AvgIpc) is 2.54. The minimum Gasteiger partial charge on any atom is -0.481 e. The number of ether oxygens (including phenoxy) is 1. The number of carboxylic acids is 1. The fourth-order valence-electron chi connectivity index (χ4n) is 1.73. The maximum absolute atomic E-state index is 10.7. The highest BCUT2D eigenvalue weighted by Crippen LogP contribution is 2.21. The lowest BCUT2D eigenvalue weighted by Crippen LogP contribution is -2.09. The van der Waals surface area contributed by atoms with E-state index in [4.69, 9.17) is 9.84 Å². The van der Waals surface area contributed by atoms with Crippen molar-refractivity contribution in [2.24, 2.45) is 0 Å². The predicted molar refractivity (Wildman–Crippen MR) is 58.7 cm³/mol. The summed E-state index contributed by atoms with van der Waals surface area (Å²) in [5, 5.41) is 9.74. The van der Waals surface area contributed by atoms with Crippen molar-refractivity contribution in [1.82, 2.24) is 9.55 Å². The van der Waals surface area contributed by atoms with E-state index in [0.717, 1.165) is 16.6 Å². The Hall–Kier alpha value is -2.04. The van der Waals surface area contributed by atoms with E-state index in [2.05, 4.69) is 4.98 Å². The highest BCUT2D eigenvalue weighted by atomic mass is 16.5. The number of aliphatic carboxylic acids is 1. The highest BCUT2D eigenvalue weighted by molar-refractivity contribution is 5.83. The van der Waals surface area contributed by atoms with Gasteiger partial charge in [0.15, 0.2) is 0 Å². The van der Waals surface area contributed by atoms with Gasteiger partial charge in [0.05, 0.1) is 18.8 Å². The lowest BCUT2D eigenvalue weighted by atomic mass is 10.3. The Labute approximate surface area is 92.3 Å². The van der Waals surface area contributed by atoms with Crippen LogP contribution in [0.1, 0.15) is 5.69 Å². The zero-order valence-corrected chi connectivity index (χ0v) is 9.10. The second-order valence-corrected chi connectivity index (χ2v) is 3.55. The Bertz CT molecular complexity index is 545. The first kappa shape index (κ1) is 10.5. The Morgan fingerprint density at radius 3 is 2.94 bits per heavy atom. The van der Waals surface area contributed by atoms with E-state index in [1.807, 2.05) is 13.0 Å². The minimum atomic E-state index is -0.864. The van der Waals surface area contributed by atoms with Gasteiger partial charge in [-0.25, -0.2) is 4.98 Å². The molecule has 0 aromatic carbocycles. The molecule has 0 atom stereocenters. The predicted octanol–water partition coefficient (Wildman–Crippen LogP) is 1.44. The van der Waals surface area contributed by atoms with Gasteiger partial charge in [-0.15, -0.1) is 0 Å². The summed E-state index contributed by atoms with van der Waals surface area (Å²) < 4.78 is 6.73. The molecule has 2 aromatic rings. The van der Waals surface area contributed by atoms with Crippen LogP contribution >= 0.6 is 0 Å². The summed E-state index contributed by atoms with van der Waals surface area (Å²) in [4.78, 5) is 14.8. The first-order valence-electron chi connectivity index (χ1n) is 4.83. The lowest BCUT2D eigenvalue weighted by Gasteiger charge is -2.04. The molecule has 0 radical (unpaired) electrons. The van der Waals surface area contributed by atoms with Gasteiger partial charge in [0.2, 0.25) is 5.88 Å². The summed E-state index contributed by atoms with van der Waals surface area (Å²) >= 11 is 0. The second kappa shape index (κ2) is 3.84. The number of pyridine rings is 1. The van der Waals surface area contributed by atoms with Crippen molar-refractivity contribution < 1.29 is 14.6 Å². The summed E-state index contributed by atoms with van der Waals surface area (Å²) in [5.41, 5.74) is 1.70. The fraction of sp³-hybridized carbons (Fsp3) is 0.273. The van der Waals surface area contributed by atoms with Crippen molar-refractivity contribution >= 4 is 16.9 Å². The minimum absolute atomic E-state index is 0.0522. The third kappa shape index (κ3) is 1.71. The molecule has 84 valence electrons. The molecule has 0 aliphatic heterocycles. The SMILES string of the molecule is COc1cc2cc(C)n(CC(=O)O)c2cn1. The maximum atomic E-state index is 10.7. The number of carboxylic acid groups (broad SMARTS) is 1. The highest BCUT2D eigenvalue weighted by Gasteiger charge is 2.09. The molecule has 0 saturated carbocycles. The molecule has 1 N–H and O–H groups in total. The summed E-state index contributed by atoms with van der Waals surface area (Å²) in [6.07, 6.45) is 1.63. The number of carbonyl (C=O) groups is 1. The van der Waals surface area contributed by atoms with Crippen molar-refractivity contribution in [3.8, 4) is 5.88 Å². The molecule has 5 nitrogen and oxygen atoms in total. The number of methoxy groups -OCH3 is 1. The number of fused-ring (bicyclic) bond motifs is 1. The fourth-order valence-corrected chi connectivity index (χ4v) is 1.73. The molecule has 0 unspecified atom stereocenters. The topological polar surface area (TPSA) is 64.3 Å². The molecule has 0 fully saturated rings. The van der Waals surface area contributed by atoms with Gasteiger partial charge in [0, 0.05) is 17.1 Å². The molecule has 0 aliphatic rings. The zero-order chi connectivity index (χ0) is 11.7. The molecule has 0 spiro atoms. The first-order valence-corrected chi connectivity index (χ1v) is 4.83. The molecular formula is C11H12N2O3. The molecule has 2 aromatic heterocycles. The summed E-state index contributed by atoms with van der Waals surface area (Å²) in [7, 11) is 1.55. The normalized spacial score (nSPS) is 10.6. The second-order valence-electron chi connectivity index (χ2n) is 3.55. The van der Waals surface area contributed by atoms with Crippen LogP contribution in [0.2, 0.25) is 0 Å². The maximum Gasteiger partial charge on any atom is 0.323 e. The van der Waals surface area contributed by atoms with E-state index >= 15 is 0 Å². The Kier molecular flexibility index (Phi) is 2.52. The number of aromatic nitrogens is 2. The summed E-state index contributed by atoms with van der Waals surface area (Å²) in [6.45, 7) is 1.82. The molecule has 0 aliphatic carbocycles. The van der Waals surface area contributed by atoms with E-state index in [-0.39, 0.29) is 6.54 Å². The van der Waals surface area contributed by atoms with E-state index in [1.165, 1.54) is 0 Å². The third-order valence-electron chi connectivity index (χ3n) is 2.47. The van der Waals surface area contributed by atoms with Crippen molar-refractivity contribution in [2.45, 2.75) is 13.5 Å². The molecular weight excluding hydrogens is 208 g/mol. The summed E-state index contributed by atoms with van der Waals surface area (Å²) in [6, 6.07) is 3.71. The first-order chi connectivity index (χ1) is 7.61. The molecule has 16 heavy (non-hydrogen) atoms. The van der Waals surface area contributed by atoms with Gasteiger partial charge in [0.1, 0.15) is 6.54 Å². The van der Waals surface area contributed by atoms with Crippen molar-refractivity contribution in [1.29, 1.82) is 0 Å². The van der Waals surface area contributed by atoms with Gasteiger partial charge in [-0.1, -0.05) is 0 Å². The van der Waals surface area contributed by atoms with E-state index in [1.54, 1.807) is 23.9 Å². The molecule has 2 heterocycles. The molecule has 2 rings (SSSR count). The molecule has 5 heteroatoms. The Morgan fingerprint density at radius 1 is 1.56 bits per heavy atom. The van der Waals surface area contributed by atoms with Gasteiger partial charge < -0.3 is 14.4 Å². The van der Waals surface area contributed by atoms with Gasteiger partial charge in [-0.05, 0) is 13.0 Å². The van der Waals surface area contributed by atoms with Crippen LogP contribution in [-0.4, -0.2) is 27.7 Å². The van der Waals surface area contributed by atoms with Crippen molar-refractivity contribution in [3.05, 3.63) is 24.0 Å². The Balaban J connectivity index is 2.57. The number of hydrogen-bond acceptors (Lipinski definition) is 3. The van der Waals surface area contributed by atoms with Gasteiger partial charge in [-0.3, -0.25) is 4.79 Å². The summed E-state index contributed by atoms with van der Waals surface area (Å²) in [5.74, 6) is -0.337. The number of hydrogen-bond donors (Lipinski definition) is 1. The van der Waals surface area contributed by atoms with Gasteiger partial charge in [0.25, 0.3) is 0 Å². The lowest BCUT2D eigenvalue weighted by molar-refractivity contribution is -0.137. The van der Waals surface area contributed by atoms with E-state index in [0.29, 0.717) is 5.88 Å². The van der Waals surface area contributed by atoms with Crippen LogP contribution in [-0.2, 0) is 11.3 Å². The van der Waals surface area contributed by atoms with Crippen LogP contribution in [0.5, 0.6) is 5.88 Å². The molecule has 0 amide bonds. The third-order valence-corrected chi connectivity index (χ3v) is 2.47. The molecule has 0 saturated heterocycles. The van der Waals surface area contributed by atoms with Crippen LogP contribution in [0.3, 0.4) is 0 Å². The van der Waals surface area contributed by atoms with Crippen molar-refractivity contribution in [3.63, 3.8) is 0 Å². The van der Waals surface area contributed by atoms with Gasteiger partial charge in [-0.2, -0.15) is 0 Å². The van der Waals surface area contributed by atoms with Crippen LogP contribution in [0.25, 0.3) is 10.9 Å². The largest absolute Gasteiger partial charge is 0.481 e.